The summed E-state index contributed by atoms with van der Waals surface area (Å²) >= 11 is 17.3. The molecule has 3 nitrogen and oxygen atoms in total. The van der Waals surface area contributed by atoms with E-state index in [0.717, 1.165) is 5.69 Å². The number of rotatable bonds is 3. The van der Waals surface area contributed by atoms with Gasteiger partial charge in [-0.05, 0) is 44.6 Å². The molecule has 1 atom stereocenters. The van der Waals surface area contributed by atoms with E-state index in [9.17, 15) is 4.79 Å². The summed E-state index contributed by atoms with van der Waals surface area (Å²) in [4.78, 5) is 14.1. The summed E-state index contributed by atoms with van der Waals surface area (Å²) in [5, 5.41) is 3.10. The van der Waals surface area contributed by atoms with Crippen molar-refractivity contribution in [3.05, 3.63) is 30.3 Å². The maximum Gasteiger partial charge on any atom is 0.235 e. The molecule has 0 spiro atoms. The molecule has 1 aromatic carbocycles. The Kier molecular flexibility index (Phi) is 4.28. The van der Waals surface area contributed by atoms with Gasteiger partial charge in [0, 0.05) is 12.2 Å². The van der Waals surface area contributed by atoms with Gasteiger partial charge in [-0.3, -0.25) is 4.79 Å². The van der Waals surface area contributed by atoms with E-state index in [1.165, 1.54) is 0 Å². The Morgan fingerprint density at radius 3 is 2.40 bits per heavy atom. The van der Waals surface area contributed by atoms with E-state index in [2.05, 4.69) is 5.32 Å². The smallest absolute Gasteiger partial charge is 0.235 e. The molecule has 1 N–H and O–H groups in total. The Morgan fingerprint density at radius 2 is 1.95 bits per heavy atom. The summed E-state index contributed by atoms with van der Waals surface area (Å²) in [5.41, 5.74) is 0.167. The molecule has 108 valence electrons. The van der Waals surface area contributed by atoms with Crippen LogP contribution in [0, 0.1) is 5.41 Å². The van der Waals surface area contributed by atoms with Crippen molar-refractivity contribution >= 4 is 52.1 Å². The molecule has 1 aromatic rings. The molecule has 1 unspecified atom stereocenters. The van der Waals surface area contributed by atoms with Crippen LogP contribution in [0.5, 0.6) is 0 Å². The summed E-state index contributed by atoms with van der Waals surface area (Å²) in [5.74, 6) is -0.234. The molecule has 0 aliphatic heterocycles. The Bertz CT molecular complexity index is 535. The van der Waals surface area contributed by atoms with Crippen molar-refractivity contribution in [3.8, 4) is 0 Å². The highest BCUT2D eigenvalue weighted by atomic mass is 35.5. The number of carbonyl (C=O) groups excluding carboxylic acids is 1. The maximum atomic E-state index is 12.2. The molecule has 1 aliphatic rings. The molecule has 2 rings (SSSR count). The van der Waals surface area contributed by atoms with Crippen LogP contribution >= 0.6 is 35.4 Å². The van der Waals surface area contributed by atoms with Crippen LogP contribution in [0.2, 0.25) is 0 Å². The largest absolute Gasteiger partial charge is 0.319 e. The lowest BCUT2D eigenvalue weighted by atomic mass is 10.1. The number of thiocarbonyl (C=S) groups is 1. The summed E-state index contributed by atoms with van der Waals surface area (Å²) in [7, 11) is 0. The molecular weight excluding hydrogens is 315 g/mol. The number of nitrogens with one attached hydrogen (secondary N) is 1. The normalized spacial score (nSPS) is 23.0. The van der Waals surface area contributed by atoms with Crippen LogP contribution in [0.4, 0.5) is 5.69 Å². The molecular formula is C14H16Cl2N2OS. The molecule has 0 aromatic heterocycles. The first-order valence-electron chi connectivity index (χ1n) is 6.37. The topological polar surface area (TPSA) is 32.3 Å². The summed E-state index contributed by atoms with van der Waals surface area (Å²) in [6, 6.07) is 9.66. The van der Waals surface area contributed by atoms with Gasteiger partial charge in [0.05, 0.1) is 5.41 Å². The van der Waals surface area contributed by atoms with Crippen LogP contribution in [-0.4, -0.2) is 21.9 Å². The van der Waals surface area contributed by atoms with Crippen molar-refractivity contribution in [1.29, 1.82) is 0 Å². The molecule has 1 fully saturated rings. The first kappa shape index (κ1) is 15.5. The van der Waals surface area contributed by atoms with Gasteiger partial charge in [-0.2, -0.15) is 0 Å². The van der Waals surface area contributed by atoms with Gasteiger partial charge in [0.15, 0.2) is 5.11 Å². The van der Waals surface area contributed by atoms with E-state index in [0.29, 0.717) is 18.1 Å². The lowest BCUT2D eigenvalue weighted by Crippen LogP contribution is -2.46. The average molecular weight is 331 g/mol. The summed E-state index contributed by atoms with van der Waals surface area (Å²) < 4.78 is -0.990. The lowest BCUT2D eigenvalue weighted by Gasteiger charge is -2.25. The van der Waals surface area contributed by atoms with Crippen molar-refractivity contribution in [3.63, 3.8) is 0 Å². The highest BCUT2D eigenvalue weighted by molar-refractivity contribution is 7.80. The van der Waals surface area contributed by atoms with E-state index in [4.69, 9.17) is 35.4 Å². The monoisotopic (exact) mass is 330 g/mol. The zero-order valence-electron chi connectivity index (χ0n) is 11.3. The van der Waals surface area contributed by atoms with E-state index in [-0.39, 0.29) is 5.91 Å². The van der Waals surface area contributed by atoms with Gasteiger partial charge in [0.1, 0.15) is 4.33 Å². The van der Waals surface area contributed by atoms with Crippen molar-refractivity contribution in [2.75, 3.05) is 11.4 Å². The minimum atomic E-state index is -0.990. The van der Waals surface area contributed by atoms with Crippen molar-refractivity contribution < 1.29 is 4.79 Å². The highest BCUT2D eigenvalue weighted by Gasteiger charge is 2.68. The van der Waals surface area contributed by atoms with Gasteiger partial charge in [-0.1, -0.05) is 18.2 Å². The first-order valence-corrected chi connectivity index (χ1v) is 7.54. The molecule has 0 bridgehead atoms. The third-order valence-electron chi connectivity index (χ3n) is 3.61. The fraction of sp³-hybridized carbons (Fsp3) is 0.429. The Balaban J connectivity index is 2.06. The van der Waals surface area contributed by atoms with Crippen LogP contribution < -0.4 is 10.2 Å². The van der Waals surface area contributed by atoms with Crippen LogP contribution in [0.3, 0.4) is 0 Å². The van der Waals surface area contributed by atoms with Crippen molar-refractivity contribution in [2.45, 2.75) is 24.6 Å². The molecule has 1 aliphatic carbocycles. The second-order valence-electron chi connectivity index (χ2n) is 5.05. The van der Waals surface area contributed by atoms with Crippen LogP contribution in [-0.2, 0) is 4.79 Å². The number of para-hydroxylation sites is 1. The standard InChI is InChI=1S/C14H16Cl2N2OS/c1-3-18(10-7-5-4-6-8-10)12(20)17-11(19)13(2)9-14(13,15)16/h4-8H,3,9H2,1-2H3,(H,17,19,20). The van der Waals surface area contributed by atoms with E-state index >= 15 is 0 Å². The third-order valence-corrected chi connectivity index (χ3v) is 5.03. The van der Waals surface area contributed by atoms with Gasteiger partial charge >= 0.3 is 0 Å². The molecule has 0 heterocycles. The number of carbonyl (C=O) groups is 1. The highest BCUT2D eigenvalue weighted by Crippen LogP contribution is 2.63. The zero-order valence-corrected chi connectivity index (χ0v) is 13.6. The molecule has 0 radical (unpaired) electrons. The van der Waals surface area contributed by atoms with Crippen molar-refractivity contribution in [1.82, 2.24) is 5.32 Å². The van der Waals surface area contributed by atoms with Crippen molar-refractivity contribution in [2.24, 2.45) is 5.41 Å². The predicted octanol–water partition coefficient (Wildman–Crippen LogP) is 3.50. The first-order chi connectivity index (χ1) is 9.32. The number of nitrogens with zero attached hydrogens (tertiary/aromatic N) is 1. The second kappa shape index (κ2) is 5.51. The molecule has 20 heavy (non-hydrogen) atoms. The number of benzene rings is 1. The fourth-order valence-corrected chi connectivity index (χ4v) is 3.03. The Labute approximate surface area is 134 Å². The number of amides is 1. The van der Waals surface area contributed by atoms with Gasteiger partial charge in [0.2, 0.25) is 5.91 Å². The number of halogens is 2. The average Bonchev–Trinajstić information content (AvgIpc) is 2.92. The summed E-state index contributed by atoms with van der Waals surface area (Å²) in [6.45, 7) is 4.37. The van der Waals surface area contributed by atoms with E-state index in [1.807, 2.05) is 42.2 Å². The molecule has 1 amide bonds. The summed E-state index contributed by atoms with van der Waals surface area (Å²) in [6.07, 6.45) is 0.440. The molecule has 0 saturated heterocycles. The van der Waals surface area contributed by atoms with Gasteiger partial charge in [-0.25, -0.2) is 0 Å². The SMILES string of the molecule is CCN(C(=S)NC(=O)C1(C)CC1(Cl)Cl)c1ccccc1. The maximum absolute atomic E-state index is 12.2. The number of hydrogen-bond donors (Lipinski definition) is 1. The predicted molar refractivity (Wildman–Crippen MR) is 87.4 cm³/mol. The second-order valence-corrected chi connectivity index (χ2v) is 6.92. The van der Waals surface area contributed by atoms with Gasteiger partial charge in [-0.15, -0.1) is 23.2 Å². The van der Waals surface area contributed by atoms with E-state index in [1.54, 1.807) is 6.92 Å². The van der Waals surface area contributed by atoms with Crippen LogP contribution in [0.25, 0.3) is 0 Å². The van der Waals surface area contributed by atoms with Gasteiger partial charge in [0.25, 0.3) is 0 Å². The minimum Gasteiger partial charge on any atom is -0.319 e. The zero-order chi connectivity index (χ0) is 15.0. The Morgan fingerprint density at radius 1 is 1.40 bits per heavy atom. The molecule has 6 heteroatoms. The number of anilines is 1. The quantitative estimate of drug-likeness (QED) is 0.680. The Hall–Kier alpha value is -0.840. The third kappa shape index (κ3) is 2.78. The van der Waals surface area contributed by atoms with Crippen LogP contribution in [0.15, 0.2) is 30.3 Å². The van der Waals surface area contributed by atoms with Crippen LogP contribution in [0.1, 0.15) is 20.3 Å². The number of alkyl halides is 2. The lowest BCUT2D eigenvalue weighted by molar-refractivity contribution is -0.124. The van der Waals surface area contributed by atoms with E-state index < -0.39 is 9.75 Å². The number of hydrogen-bond acceptors (Lipinski definition) is 2. The minimum absolute atomic E-state index is 0.234. The molecule has 1 saturated carbocycles. The van der Waals surface area contributed by atoms with Gasteiger partial charge < -0.3 is 10.2 Å². The fourth-order valence-electron chi connectivity index (χ4n) is 2.00.